The SMILES string of the molecule is FC(F)(F)c1cc(C(F)(F)F)c(Br)c(-n2cccc2)c1Br. The summed E-state index contributed by atoms with van der Waals surface area (Å²) in [5.74, 6) is 0. The van der Waals surface area contributed by atoms with Gasteiger partial charge in [-0.05, 0) is 50.1 Å². The number of hydrogen-bond donors (Lipinski definition) is 0. The van der Waals surface area contributed by atoms with E-state index in [2.05, 4.69) is 31.9 Å². The van der Waals surface area contributed by atoms with Crippen molar-refractivity contribution in [2.24, 2.45) is 0 Å². The van der Waals surface area contributed by atoms with Gasteiger partial charge in [0.25, 0.3) is 0 Å². The minimum Gasteiger partial charge on any atom is -0.322 e. The zero-order chi connectivity index (χ0) is 16.0. The second-order valence-corrected chi connectivity index (χ2v) is 5.62. The molecule has 0 atom stereocenters. The molecule has 0 bridgehead atoms. The first-order valence-corrected chi connectivity index (χ1v) is 6.92. The van der Waals surface area contributed by atoms with Crippen LogP contribution < -0.4 is 0 Å². The van der Waals surface area contributed by atoms with Crippen LogP contribution in [-0.4, -0.2) is 4.57 Å². The first-order valence-electron chi connectivity index (χ1n) is 5.33. The van der Waals surface area contributed by atoms with Crippen LogP contribution in [0.2, 0.25) is 0 Å². The van der Waals surface area contributed by atoms with E-state index < -0.39 is 32.4 Å². The quantitative estimate of drug-likeness (QED) is 0.480. The van der Waals surface area contributed by atoms with Crippen molar-refractivity contribution in [2.75, 3.05) is 0 Å². The van der Waals surface area contributed by atoms with E-state index in [0.717, 1.165) is 0 Å². The third-order valence-electron chi connectivity index (χ3n) is 2.65. The summed E-state index contributed by atoms with van der Waals surface area (Å²) in [6, 6.07) is 3.07. The van der Waals surface area contributed by atoms with E-state index in [9.17, 15) is 26.3 Å². The Morgan fingerprint density at radius 1 is 0.762 bits per heavy atom. The van der Waals surface area contributed by atoms with Crippen LogP contribution in [0.3, 0.4) is 0 Å². The number of benzene rings is 1. The van der Waals surface area contributed by atoms with E-state index in [-0.39, 0.29) is 11.8 Å². The fraction of sp³-hybridized carbons (Fsp3) is 0.167. The monoisotopic (exact) mass is 435 g/mol. The van der Waals surface area contributed by atoms with Crippen molar-refractivity contribution in [1.82, 2.24) is 4.57 Å². The molecular weight excluding hydrogens is 432 g/mol. The number of rotatable bonds is 1. The van der Waals surface area contributed by atoms with E-state index in [1.165, 1.54) is 29.1 Å². The van der Waals surface area contributed by atoms with Crippen LogP contribution in [0.4, 0.5) is 26.3 Å². The molecule has 2 rings (SSSR count). The van der Waals surface area contributed by atoms with Crippen LogP contribution in [0.15, 0.2) is 39.5 Å². The van der Waals surface area contributed by atoms with Crippen molar-refractivity contribution in [2.45, 2.75) is 12.4 Å². The minimum atomic E-state index is -4.92. The van der Waals surface area contributed by atoms with E-state index in [1.807, 2.05) is 0 Å². The number of alkyl halides is 6. The summed E-state index contributed by atoms with van der Waals surface area (Å²) in [5, 5.41) is 0. The molecule has 0 spiro atoms. The van der Waals surface area contributed by atoms with Crippen LogP contribution in [0.5, 0.6) is 0 Å². The van der Waals surface area contributed by atoms with Gasteiger partial charge in [0.2, 0.25) is 0 Å². The summed E-state index contributed by atoms with van der Waals surface area (Å²) >= 11 is 5.50. The summed E-state index contributed by atoms with van der Waals surface area (Å²) in [7, 11) is 0. The largest absolute Gasteiger partial charge is 0.417 e. The highest BCUT2D eigenvalue weighted by atomic mass is 79.9. The fourth-order valence-corrected chi connectivity index (χ4v) is 3.50. The molecule has 0 aliphatic rings. The Morgan fingerprint density at radius 2 is 1.14 bits per heavy atom. The van der Waals surface area contributed by atoms with Crippen LogP contribution in [0, 0.1) is 0 Å². The molecule has 0 aliphatic carbocycles. The highest BCUT2D eigenvalue weighted by Crippen LogP contribution is 2.46. The predicted octanol–water partition coefficient (Wildman–Crippen LogP) is 6.04. The average Bonchev–Trinajstić information content (AvgIpc) is 2.78. The Morgan fingerprint density at radius 3 is 1.48 bits per heavy atom. The lowest BCUT2D eigenvalue weighted by molar-refractivity contribution is -0.143. The van der Waals surface area contributed by atoms with Gasteiger partial charge in [-0.1, -0.05) is 0 Å². The first kappa shape index (κ1) is 16.4. The molecule has 9 heteroatoms. The number of nitrogens with zero attached hydrogens (tertiary/aromatic N) is 1. The van der Waals surface area contributed by atoms with Crippen LogP contribution in [0.1, 0.15) is 11.1 Å². The lowest BCUT2D eigenvalue weighted by Crippen LogP contribution is -2.15. The van der Waals surface area contributed by atoms with Gasteiger partial charge in [0.1, 0.15) is 0 Å². The molecule has 0 radical (unpaired) electrons. The van der Waals surface area contributed by atoms with Gasteiger partial charge in [0, 0.05) is 12.4 Å². The molecule has 2 aromatic rings. The Balaban J connectivity index is 2.87. The third kappa shape index (κ3) is 3.13. The van der Waals surface area contributed by atoms with Gasteiger partial charge in [-0.15, -0.1) is 0 Å². The normalized spacial score (nSPS) is 12.8. The van der Waals surface area contributed by atoms with E-state index >= 15 is 0 Å². The molecule has 0 saturated heterocycles. The summed E-state index contributed by atoms with van der Waals surface area (Å²) in [5.41, 5.74) is -3.04. The van der Waals surface area contributed by atoms with Crippen molar-refractivity contribution in [1.29, 1.82) is 0 Å². The number of aromatic nitrogens is 1. The van der Waals surface area contributed by atoms with Crippen LogP contribution >= 0.6 is 31.9 Å². The lowest BCUT2D eigenvalue weighted by atomic mass is 10.1. The molecule has 0 saturated carbocycles. The molecule has 21 heavy (non-hydrogen) atoms. The Kier molecular flexibility index (Phi) is 4.18. The second kappa shape index (κ2) is 5.35. The van der Waals surface area contributed by atoms with Crippen molar-refractivity contribution in [3.8, 4) is 5.69 Å². The fourth-order valence-electron chi connectivity index (χ4n) is 1.75. The van der Waals surface area contributed by atoms with Crippen molar-refractivity contribution >= 4 is 31.9 Å². The molecule has 1 heterocycles. The third-order valence-corrected chi connectivity index (χ3v) is 4.26. The molecule has 1 aromatic carbocycles. The maximum absolute atomic E-state index is 12.9. The zero-order valence-electron chi connectivity index (χ0n) is 9.86. The summed E-state index contributed by atoms with van der Waals surface area (Å²) < 4.78 is 77.9. The lowest BCUT2D eigenvalue weighted by Gasteiger charge is -2.20. The number of hydrogen-bond acceptors (Lipinski definition) is 0. The standard InChI is InChI=1S/C12H5Br2F6N/c13-8-6(11(15,16)17)5-7(12(18,19)20)9(14)10(8)21-3-1-2-4-21/h1-5H. The molecule has 0 fully saturated rings. The maximum atomic E-state index is 12.9. The molecule has 114 valence electrons. The van der Waals surface area contributed by atoms with Crippen molar-refractivity contribution < 1.29 is 26.3 Å². The molecule has 1 aromatic heterocycles. The van der Waals surface area contributed by atoms with Gasteiger partial charge in [-0.2, -0.15) is 26.3 Å². The highest BCUT2D eigenvalue weighted by Gasteiger charge is 2.41. The number of halogens is 8. The summed E-state index contributed by atoms with van der Waals surface area (Å²) in [6.45, 7) is 0. The minimum absolute atomic E-state index is 0.0845. The van der Waals surface area contributed by atoms with Crippen molar-refractivity contribution in [3.63, 3.8) is 0 Å². The Hall–Kier alpha value is -0.960. The van der Waals surface area contributed by atoms with Gasteiger partial charge in [0.05, 0.1) is 25.8 Å². The van der Waals surface area contributed by atoms with Gasteiger partial charge in [0.15, 0.2) is 0 Å². The van der Waals surface area contributed by atoms with E-state index in [4.69, 9.17) is 0 Å². The second-order valence-electron chi connectivity index (χ2n) is 4.03. The molecule has 0 N–H and O–H groups in total. The molecule has 1 nitrogen and oxygen atoms in total. The smallest absolute Gasteiger partial charge is 0.322 e. The molecule has 0 aliphatic heterocycles. The van der Waals surface area contributed by atoms with Crippen LogP contribution in [-0.2, 0) is 12.4 Å². The van der Waals surface area contributed by atoms with E-state index in [0.29, 0.717) is 0 Å². The Labute approximate surface area is 131 Å². The first-order chi connectivity index (χ1) is 9.53. The van der Waals surface area contributed by atoms with Gasteiger partial charge < -0.3 is 4.57 Å². The van der Waals surface area contributed by atoms with Crippen LogP contribution in [0.25, 0.3) is 5.69 Å². The highest BCUT2D eigenvalue weighted by molar-refractivity contribution is 9.11. The summed E-state index contributed by atoms with van der Waals surface area (Å²) in [6.07, 6.45) is -7.13. The van der Waals surface area contributed by atoms with Gasteiger partial charge in [-0.3, -0.25) is 0 Å². The van der Waals surface area contributed by atoms with Gasteiger partial charge in [-0.25, -0.2) is 0 Å². The molecule has 0 amide bonds. The Bertz CT molecular complexity index is 620. The molecular formula is C12H5Br2F6N. The predicted molar refractivity (Wildman–Crippen MR) is 71.2 cm³/mol. The van der Waals surface area contributed by atoms with E-state index in [1.54, 1.807) is 0 Å². The molecule has 0 unspecified atom stereocenters. The zero-order valence-corrected chi connectivity index (χ0v) is 13.0. The maximum Gasteiger partial charge on any atom is 0.417 e. The van der Waals surface area contributed by atoms with Gasteiger partial charge >= 0.3 is 12.4 Å². The average molecular weight is 437 g/mol. The van der Waals surface area contributed by atoms with Crippen molar-refractivity contribution in [3.05, 3.63) is 50.7 Å². The topological polar surface area (TPSA) is 4.93 Å². The summed E-state index contributed by atoms with van der Waals surface area (Å²) in [4.78, 5) is 0.